The minimum absolute atomic E-state index is 0.0488. The van der Waals surface area contributed by atoms with Gasteiger partial charge in [-0.2, -0.15) is 0 Å². The molecular formula is C27H29NO6. The van der Waals surface area contributed by atoms with Gasteiger partial charge in [0.15, 0.2) is 5.78 Å². The normalized spacial score (nSPS) is 10.7. The molecule has 7 heteroatoms. The van der Waals surface area contributed by atoms with Crippen LogP contribution in [0.4, 0.5) is 11.4 Å². The molecule has 0 heterocycles. The van der Waals surface area contributed by atoms with Crippen molar-refractivity contribution in [1.82, 2.24) is 0 Å². The summed E-state index contributed by atoms with van der Waals surface area (Å²) in [6.45, 7) is 5.89. The number of carboxylic acids is 1. The van der Waals surface area contributed by atoms with Gasteiger partial charge in [0.1, 0.15) is 29.4 Å². The number of phenols is 1. The summed E-state index contributed by atoms with van der Waals surface area (Å²) in [7, 11) is 1.43. The molecule has 7 nitrogen and oxygen atoms in total. The summed E-state index contributed by atoms with van der Waals surface area (Å²) in [5, 5.41) is 23.1. The van der Waals surface area contributed by atoms with Gasteiger partial charge in [0.05, 0.1) is 12.7 Å². The standard InChI is InChI=1S/C27H29NO6/c1-16(2)12-23(29)21-9-11-24(17(3)26(21)30)34-15-18-6-5-7-19(13-18)28-20-8-10-25(33-4)22(14-20)27(31)32/h5-11,13-14,16,28,30H,12,15H2,1-4H3,(H,31,32). The number of aromatic carboxylic acids is 1. The number of carbonyl (C=O) groups is 2. The molecule has 0 spiro atoms. The molecule has 0 aromatic heterocycles. The molecule has 0 aliphatic heterocycles. The minimum Gasteiger partial charge on any atom is -0.507 e. The van der Waals surface area contributed by atoms with Crippen molar-refractivity contribution in [3.63, 3.8) is 0 Å². The highest BCUT2D eigenvalue weighted by molar-refractivity contribution is 5.99. The fourth-order valence-electron chi connectivity index (χ4n) is 3.56. The van der Waals surface area contributed by atoms with Crippen LogP contribution in [0.3, 0.4) is 0 Å². The first-order chi connectivity index (χ1) is 16.2. The lowest BCUT2D eigenvalue weighted by Gasteiger charge is -2.14. The van der Waals surface area contributed by atoms with E-state index in [1.54, 1.807) is 31.2 Å². The lowest BCUT2D eigenvalue weighted by atomic mass is 9.98. The number of anilines is 2. The van der Waals surface area contributed by atoms with Gasteiger partial charge in [0.25, 0.3) is 0 Å². The molecule has 3 aromatic rings. The highest BCUT2D eigenvalue weighted by Crippen LogP contribution is 2.32. The molecular weight excluding hydrogens is 434 g/mol. The molecule has 0 atom stereocenters. The fourth-order valence-corrected chi connectivity index (χ4v) is 3.56. The number of carbonyl (C=O) groups excluding carboxylic acids is 1. The SMILES string of the molecule is COc1ccc(Nc2cccc(COc3ccc(C(=O)CC(C)C)c(O)c3C)c2)cc1C(=O)O. The number of Topliss-reactive ketones (excluding diaryl/α,β-unsaturated/α-hetero) is 1. The van der Waals surface area contributed by atoms with Crippen molar-refractivity contribution in [2.75, 3.05) is 12.4 Å². The van der Waals surface area contributed by atoms with Crippen molar-refractivity contribution in [3.8, 4) is 17.2 Å². The number of phenolic OH excluding ortho intramolecular Hbond substituents is 1. The van der Waals surface area contributed by atoms with Crippen molar-refractivity contribution in [2.24, 2.45) is 5.92 Å². The summed E-state index contributed by atoms with van der Waals surface area (Å²) in [4.78, 5) is 23.8. The summed E-state index contributed by atoms with van der Waals surface area (Å²) in [5.41, 5.74) is 3.14. The van der Waals surface area contributed by atoms with Crippen molar-refractivity contribution >= 4 is 23.1 Å². The number of ether oxygens (including phenoxy) is 2. The average Bonchev–Trinajstić information content (AvgIpc) is 2.79. The molecule has 0 aliphatic rings. The first-order valence-corrected chi connectivity index (χ1v) is 11.0. The Balaban J connectivity index is 1.72. The van der Waals surface area contributed by atoms with Gasteiger partial charge in [-0.1, -0.05) is 26.0 Å². The lowest BCUT2D eigenvalue weighted by molar-refractivity contribution is 0.0693. The van der Waals surface area contributed by atoms with E-state index < -0.39 is 5.97 Å². The van der Waals surface area contributed by atoms with E-state index in [2.05, 4.69) is 5.32 Å². The largest absolute Gasteiger partial charge is 0.507 e. The van der Waals surface area contributed by atoms with Gasteiger partial charge < -0.3 is 25.0 Å². The molecule has 0 fully saturated rings. The van der Waals surface area contributed by atoms with Crippen LogP contribution >= 0.6 is 0 Å². The molecule has 3 N–H and O–H groups in total. The number of nitrogens with one attached hydrogen (secondary N) is 1. The maximum atomic E-state index is 12.4. The summed E-state index contributed by atoms with van der Waals surface area (Å²) < 4.78 is 11.0. The fraction of sp³-hybridized carbons (Fsp3) is 0.259. The quantitative estimate of drug-likeness (QED) is 0.319. The van der Waals surface area contributed by atoms with Gasteiger partial charge in [0, 0.05) is 23.4 Å². The molecule has 0 saturated heterocycles. The predicted octanol–water partition coefficient (Wildman–Crippen LogP) is 5.96. The van der Waals surface area contributed by atoms with Gasteiger partial charge in [-0.05, 0) is 60.9 Å². The third kappa shape index (κ3) is 5.86. The average molecular weight is 464 g/mol. The van der Waals surface area contributed by atoms with Crippen LogP contribution in [0.1, 0.15) is 52.1 Å². The second kappa shape index (κ2) is 10.7. The number of benzene rings is 3. The van der Waals surface area contributed by atoms with Gasteiger partial charge in [-0.3, -0.25) is 4.79 Å². The molecule has 3 aromatic carbocycles. The predicted molar refractivity (Wildman–Crippen MR) is 131 cm³/mol. The third-order valence-electron chi connectivity index (χ3n) is 5.32. The topological polar surface area (TPSA) is 105 Å². The smallest absolute Gasteiger partial charge is 0.339 e. The summed E-state index contributed by atoms with van der Waals surface area (Å²) in [6.07, 6.45) is 0.370. The van der Waals surface area contributed by atoms with Crippen LogP contribution in [-0.2, 0) is 6.61 Å². The van der Waals surface area contributed by atoms with Crippen molar-refractivity contribution in [2.45, 2.75) is 33.8 Å². The second-order valence-corrected chi connectivity index (χ2v) is 8.44. The van der Waals surface area contributed by atoms with Gasteiger partial charge >= 0.3 is 5.97 Å². The monoisotopic (exact) mass is 463 g/mol. The molecule has 0 unspecified atom stereocenters. The van der Waals surface area contributed by atoms with Gasteiger partial charge in [-0.15, -0.1) is 0 Å². The van der Waals surface area contributed by atoms with Crippen LogP contribution in [-0.4, -0.2) is 29.1 Å². The molecule has 178 valence electrons. The van der Waals surface area contributed by atoms with E-state index in [1.807, 2.05) is 38.1 Å². The van der Waals surface area contributed by atoms with Crippen LogP contribution < -0.4 is 14.8 Å². The Labute approximate surface area is 199 Å². The number of hydrogen-bond acceptors (Lipinski definition) is 6. The highest BCUT2D eigenvalue weighted by atomic mass is 16.5. The first kappa shape index (κ1) is 24.6. The Morgan fingerprint density at radius 3 is 2.35 bits per heavy atom. The van der Waals surface area contributed by atoms with E-state index in [0.29, 0.717) is 29.0 Å². The Kier molecular flexibility index (Phi) is 7.79. The van der Waals surface area contributed by atoms with Crippen LogP contribution in [0, 0.1) is 12.8 Å². The van der Waals surface area contributed by atoms with Gasteiger partial charge in [0.2, 0.25) is 0 Å². The van der Waals surface area contributed by atoms with E-state index in [-0.39, 0.29) is 35.4 Å². The Morgan fingerprint density at radius 1 is 0.971 bits per heavy atom. The van der Waals surface area contributed by atoms with Gasteiger partial charge in [-0.25, -0.2) is 4.79 Å². The summed E-state index contributed by atoms with van der Waals surface area (Å²) in [6, 6.07) is 15.7. The van der Waals surface area contributed by atoms with Crippen molar-refractivity contribution in [3.05, 3.63) is 76.9 Å². The zero-order chi connectivity index (χ0) is 24.8. The van der Waals surface area contributed by atoms with Crippen molar-refractivity contribution < 1.29 is 29.3 Å². The third-order valence-corrected chi connectivity index (χ3v) is 5.32. The molecule has 0 radical (unpaired) electrons. The molecule has 0 bridgehead atoms. The van der Waals surface area contributed by atoms with Crippen LogP contribution in [0.5, 0.6) is 17.2 Å². The van der Waals surface area contributed by atoms with E-state index >= 15 is 0 Å². The number of ketones is 1. The molecule has 34 heavy (non-hydrogen) atoms. The summed E-state index contributed by atoms with van der Waals surface area (Å²) >= 11 is 0. The van der Waals surface area contributed by atoms with E-state index in [4.69, 9.17) is 9.47 Å². The second-order valence-electron chi connectivity index (χ2n) is 8.44. The van der Waals surface area contributed by atoms with Crippen molar-refractivity contribution in [1.29, 1.82) is 0 Å². The van der Waals surface area contributed by atoms with E-state index in [9.17, 15) is 19.8 Å². The highest BCUT2D eigenvalue weighted by Gasteiger charge is 2.17. The number of rotatable bonds is 10. The minimum atomic E-state index is -1.07. The molecule has 0 aliphatic carbocycles. The first-order valence-electron chi connectivity index (χ1n) is 11.0. The van der Waals surface area contributed by atoms with Crippen LogP contribution in [0.15, 0.2) is 54.6 Å². The Hall–Kier alpha value is -4.00. The van der Waals surface area contributed by atoms with Crippen LogP contribution in [0.25, 0.3) is 0 Å². The summed E-state index contributed by atoms with van der Waals surface area (Å²) in [5.74, 6) is -0.220. The number of hydrogen-bond donors (Lipinski definition) is 3. The molecule has 0 amide bonds. The zero-order valence-electron chi connectivity index (χ0n) is 19.7. The maximum Gasteiger partial charge on any atom is 0.339 e. The Morgan fingerprint density at radius 2 is 1.68 bits per heavy atom. The van der Waals surface area contributed by atoms with Crippen LogP contribution in [0.2, 0.25) is 0 Å². The number of aromatic hydroxyl groups is 1. The zero-order valence-corrected chi connectivity index (χ0v) is 19.7. The number of carboxylic acid groups (broad SMARTS) is 1. The number of methoxy groups -OCH3 is 1. The lowest BCUT2D eigenvalue weighted by Crippen LogP contribution is -2.05. The van der Waals surface area contributed by atoms with E-state index in [0.717, 1.165) is 11.3 Å². The van der Waals surface area contributed by atoms with E-state index in [1.165, 1.54) is 13.2 Å². The Bertz CT molecular complexity index is 1200. The maximum absolute atomic E-state index is 12.4. The molecule has 3 rings (SSSR count). The molecule has 0 saturated carbocycles.